The van der Waals surface area contributed by atoms with Gasteiger partial charge in [-0.25, -0.2) is 4.79 Å². The highest BCUT2D eigenvalue weighted by molar-refractivity contribution is 6.15. The largest absolute Gasteiger partial charge is 0.497 e. The van der Waals surface area contributed by atoms with Crippen LogP contribution in [0.15, 0.2) is 60.4 Å². The first-order valence-corrected chi connectivity index (χ1v) is 11.8. The summed E-state index contributed by atoms with van der Waals surface area (Å²) in [4.78, 5) is 37.7. The van der Waals surface area contributed by atoms with Crippen molar-refractivity contribution in [2.24, 2.45) is 0 Å². The maximum atomic E-state index is 13.3. The van der Waals surface area contributed by atoms with Crippen LogP contribution in [0.5, 0.6) is 28.7 Å². The third kappa shape index (κ3) is 4.54. The summed E-state index contributed by atoms with van der Waals surface area (Å²) in [5.41, 5.74) is 2.21. The van der Waals surface area contributed by atoms with Gasteiger partial charge in [-0.15, -0.1) is 0 Å². The molecule has 0 saturated carbocycles. The molecule has 0 aliphatic carbocycles. The van der Waals surface area contributed by atoms with Gasteiger partial charge in [-0.3, -0.25) is 9.59 Å². The van der Waals surface area contributed by atoms with Crippen molar-refractivity contribution in [2.75, 3.05) is 27.9 Å². The molecule has 0 fully saturated rings. The zero-order valence-electron chi connectivity index (χ0n) is 20.9. The van der Waals surface area contributed by atoms with E-state index in [0.29, 0.717) is 33.9 Å². The van der Waals surface area contributed by atoms with Gasteiger partial charge in [0.25, 0.3) is 0 Å². The fourth-order valence-electron chi connectivity index (χ4n) is 4.54. The predicted molar refractivity (Wildman–Crippen MR) is 135 cm³/mol. The van der Waals surface area contributed by atoms with Crippen molar-refractivity contribution >= 4 is 23.8 Å². The van der Waals surface area contributed by atoms with Gasteiger partial charge >= 0.3 is 11.9 Å². The molecule has 0 radical (unpaired) electrons. The molecule has 0 saturated heterocycles. The van der Waals surface area contributed by atoms with Gasteiger partial charge in [0, 0.05) is 17.0 Å². The molecule has 0 bridgehead atoms. The number of hydrogen-bond donors (Lipinski definition) is 0. The first kappa shape index (κ1) is 24.9. The van der Waals surface area contributed by atoms with Gasteiger partial charge in [-0.05, 0) is 42.0 Å². The number of hydrogen-bond acceptors (Lipinski definition) is 9. The molecule has 1 atom stereocenters. The van der Waals surface area contributed by atoms with Crippen molar-refractivity contribution in [3.8, 4) is 28.7 Å². The highest BCUT2D eigenvalue weighted by Gasteiger charge is 2.40. The van der Waals surface area contributed by atoms with Crippen LogP contribution in [0.4, 0.5) is 0 Å². The van der Waals surface area contributed by atoms with Gasteiger partial charge in [0.05, 0.1) is 33.3 Å². The summed E-state index contributed by atoms with van der Waals surface area (Å²) in [6, 6.07) is 15.6. The van der Waals surface area contributed by atoms with Crippen molar-refractivity contribution in [3.63, 3.8) is 0 Å². The SMILES string of the molecule is COC(=O)COc1c(OC)cccc1C1CC(=O)Oc2ccc3c(c21)OC(=Cc1ccc(OC)cc1)C3=O. The number of para-hydroxylation sites is 1. The number of rotatable bonds is 7. The van der Waals surface area contributed by atoms with Crippen LogP contribution in [0.3, 0.4) is 0 Å². The third-order valence-electron chi connectivity index (χ3n) is 6.36. The Labute approximate surface area is 218 Å². The molecule has 9 heteroatoms. The smallest absolute Gasteiger partial charge is 0.343 e. The van der Waals surface area contributed by atoms with E-state index in [2.05, 4.69) is 0 Å². The van der Waals surface area contributed by atoms with Crippen LogP contribution in [-0.2, 0) is 14.3 Å². The van der Waals surface area contributed by atoms with E-state index in [1.165, 1.54) is 14.2 Å². The lowest BCUT2D eigenvalue weighted by atomic mass is 9.84. The highest BCUT2D eigenvalue weighted by Crippen LogP contribution is 2.51. The average molecular weight is 517 g/mol. The summed E-state index contributed by atoms with van der Waals surface area (Å²) in [5, 5.41) is 0. The number of ketones is 1. The number of benzene rings is 3. The molecule has 38 heavy (non-hydrogen) atoms. The fourth-order valence-corrected chi connectivity index (χ4v) is 4.54. The molecule has 3 aromatic rings. The lowest BCUT2D eigenvalue weighted by Gasteiger charge is -2.28. The van der Waals surface area contributed by atoms with Crippen LogP contribution >= 0.6 is 0 Å². The zero-order valence-corrected chi connectivity index (χ0v) is 20.9. The van der Waals surface area contributed by atoms with E-state index in [1.54, 1.807) is 55.7 Å². The molecule has 2 aliphatic rings. The Hall–Kier alpha value is -4.79. The number of ether oxygens (including phenoxy) is 6. The standard InChI is InChI=1S/C29H24O9/c1-33-17-9-7-16(8-10-17)13-23-27(32)19-11-12-21-26(29(19)38-23)20(14-24(30)37-21)18-5-4-6-22(34-2)28(18)36-15-25(31)35-3/h4-13,20H,14-15H2,1-3H3. The Morgan fingerprint density at radius 2 is 1.76 bits per heavy atom. The Morgan fingerprint density at radius 3 is 2.47 bits per heavy atom. The minimum atomic E-state index is -0.600. The summed E-state index contributed by atoms with van der Waals surface area (Å²) < 4.78 is 32.8. The lowest BCUT2D eigenvalue weighted by molar-refractivity contribution is -0.143. The fraction of sp³-hybridized carbons (Fsp3) is 0.207. The number of carbonyl (C=O) groups excluding carboxylic acids is 3. The van der Waals surface area contributed by atoms with E-state index in [1.807, 2.05) is 12.1 Å². The van der Waals surface area contributed by atoms with Crippen molar-refractivity contribution in [1.82, 2.24) is 0 Å². The number of carbonyl (C=O) groups is 3. The molecule has 0 N–H and O–H groups in total. The molecule has 5 rings (SSSR count). The van der Waals surface area contributed by atoms with E-state index >= 15 is 0 Å². The normalized spacial score (nSPS) is 16.7. The average Bonchev–Trinajstić information content (AvgIpc) is 3.25. The first-order valence-electron chi connectivity index (χ1n) is 11.8. The van der Waals surface area contributed by atoms with Crippen molar-refractivity contribution in [2.45, 2.75) is 12.3 Å². The lowest BCUT2D eigenvalue weighted by Crippen LogP contribution is -2.22. The Morgan fingerprint density at radius 1 is 0.974 bits per heavy atom. The number of fused-ring (bicyclic) bond motifs is 3. The van der Waals surface area contributed by atoms with Crippen molar-refractivity contribution in [1.29, 1.82) is 0 Å². The van der Waals surface area contributed by atoms with Gasteiger partial charge in [-0.1, -0.05) is 24.3 Å². The molecule has 0 spiro atoms. The summed E-state index contributed by atoms with van der Waals surface area (Å²) in [5.74, 6) is 0.156. The second-order valence-electron chi connectivity index (χ2n) is 8.54. The van der Waals surface area contributed by atoms with E-state index < -0.39 is 17.9 Å². The van der Waals surface area contributed by atoms with Gasteiger partial charge < -0.3 is 28.4 Å². The van der Waals surface area contributed by atoms with Crippen LogP contribution in [0.1, 0.15) is 39.4 Å². The van der Waals surface area contributed by atoms with Crippen LogP contribution in [0.25, 0.3) is 6.08 Å². The second kappa shape index (κ2) is 10.3. The number of esters is 2. The topological polar surface area (TPSA) is 107 Å². The van der Waals surface area contributed by atoms with Crippen LogP contribution in [0.2, 0.25) is 0 Å². The molecule has 9 nitrogen and oxygen atoms in total. The maximum absolute atomic E-state index is 13.3. The Balaban J connectivity index is 1.59. The van der Waals surface area contributed by atoms with Crippen molar-refractivity contribution in [3.05, 3.63) is 82.6 Å². The molecular formula is C29H24O9. The third-order valence-corrected chi connectivity index (χ3v) is 6.36. The second-order valence-corrected chi connectivity index (χ2v) is 8.54. The van der Waals surface area contributed by atoms with Gasteiger partial charge in [0.1, 0.15) is 17.2 Å². The van der Waals surface area contributed by atoms with Crippen molar-refractivity contribution < 1.29 is 42.8 Å². The highest BCUT2D eigenvalue weighted by atomic mass is 16.6. The first-order chi connectivity index (χ1) is 18.4. The maximum Gasteiger partial charge on any atom is 0.343 e. The van der Waals surface area contributed by atoms with Crippen LogP contribution in [-0.4, -0.2) is 45.7 Å². The monoisotopic (exact) mass is 516 g/mol. The van der Waals surface area contributed by atoms with Crippen LogP contribution in [0, 0.1) is 0 Å². The van der Waals surface area contributed by atoms with E-state index in [4.69, 9.17) is 28.4 Å². The van der Waals surface area contributed by atoms with Gasteiger partial charge in [0.2, 0.25) is 5.78 Å². The molecule has 1 unspecified atom stereocenters. The van der Waals surface area contributed by atoms with E-state index in [9.17, 15) is 14.4 Å². The van der Waals surface area contributed by atoms with Gasteiger partial charge in [0.15, 0.2) is 23.9 Å². The molecule has 2 heterocycles. The minimum Gasteiger partial charge on any atom is -0.497 e. The van der Waals surface area contributed by atoms with Crippen LogP contribution < -0.4 is 23.7 Å². The Kier molecular flexibility index (Phi) is 6.74. The number of allylic oxidation sites excluding steroid dienone is 1. The predicted octanol–water partition coefficient (Wildman–Crippen LogP) is 4.31. The molecule has 0 amide bonds. The molecule has 3 aromatic carbocycles. The summed E-state index contributed by atoms with van der Waals surface area (Å²) >= 11 is 0. The van der Waals surface area contributed by atoms with E-state index in [0.717, 1.165) is 5.56 Å². The Bertz CT molecular complexity index is 1450. The van der Waals surface area contributed by atoms with E-state index in [-0.39, 0.29) is 36.1 Å². The van der Waals surface area contributed by atoms with Gasteiger partial charge in [-0.2, -0.15) is 0 Å². The molecular weight excluding hydrogens is 492 g/mol. The number of Topliss-reactive ketones (excluding diaryl/α,β-unsaturated/α-hetero) is 1. The number of methoxy groups -OCH3 is 3. The zero-order chi connectivity index (χ0) is 26.8. The summed E-state index contributed by atoms with van der Waals surface area (Å²) in [6.07, 6.45) is 1.61. The summed E-state index contributed by atoms with van der Waals surface area (Å²) in [7, 11) is 4.31. The molecule has 2 aliphatic heterocycles. The molecule has 0 aromatic heterocycles. The molecule has 194 valence electrons. The minimum absolute atomic E-state index is 0.0414. The summed E-state index contributed by atoms with van der Waals surface area (Å²) in [6.45, 7) is -0.357. The quantitative estimate of drug-likeness (QED) is 0.258.